The van der Waals surface area contributed by atoms with Gasteiger partial charge in [0.05, 0.1) is 6.26 Å². The van der Waals surface area contributed by atoms with Crippen molar-refractivity contribution in [2.75, 3.05) is 13.6 Å². The molecule has 0 bridgehead atoms. The number of furan rings is 1. The molecule has 98 valence electrons. The Morgan fingerprint density at radius 2 is 2.44 bits per heavy atom. The summed E-state index contributed by atoms with van der Waals surface area (Å²) in [5, 5.41) is 0. The summed E-state index contributed by atoms with van der Waals surface area (Å²) >= 11 is 0. The van der Waals surface area contributed by atoms with Gasteiger partial charge in [0, 0.05) is 19.2 Å². The molecule has 2 atom stereocenters. The summed E-state index contributed by atoms with van der Waals surface area (Å²) in [7, 11) is 1.85. The maximum absolute atomic E-state index is 12.0. The average molecular weight is 248 g/mol. The third-order valence-electron chi connectivity index (χ3n) is 3.70. The summed E-state index contributed by atoms with van der Waals surface area (Å²) in [4.78, 5) is 13.9. The Balaban J connectivity index is 1.96. The minimum atomic E-state index is 0.0109. The highest BCUT2D eigenvalue weighted by Crippen LogP contribution is 2.28. The van der Waals surface area contributed by atoms with Crippen molar-refractivity contribution < 1.29 is 9.21 Å². The number of carbonyl (C=O) groups excluding carboxylic acids is 1. The molecule has 0 saturated heterocycles. The molecule has 1 amide bonds. The number of hydrogen-bond acceptors (Lipinski definition) is 3. The zero-order chi connectivity index (χ0) is 13.0. The molecule has 2 rings (SSSR count). The molecule has 1 fully saturated rings. The molecule has 0 aliphatic heterocycles. The Kier molecular flexibility index (Phi) is 4.20. The van der Waals surface area contributed by atoms with Gasteiger partial charge < -0.3 is 15.1 Å². The van der Waals surface area contributed by atoms with Crippen LogP contribution in [-0.4, -0.2) is 30.4 Å². The van der Waals surface area contributed by atoms with Gasteiger partial charge in [-0.2, -0.15) is 0 Å². The minimum absolute atomic E-state index is 0.0109. The fraction of sp³-hybridized carbons (Fsp3) is 0.500. The van der Waals surface area contributed by atoms with Crippen molar-refractivity contribution in [2.45, 2.75) is 25.3 Å². The Labute approximate surface area is 107 Å². The van der Waals surface area contributed by atoms with Gasteiger partial charge in [0.15, 0.2) is 0 Å². The molecule has 18 heavy (non-hydrogen) atoms. The Hall–Kier alpha value is -1.55. The monoisotopic (exact) mass is 248 g/mol. The molecule has 0 aromatic carbocycles. The molecule has 1 aromatic rings. The van der Waals surface area contributed by atoms with Gasteiger partial charge in [-0.3, -0.25) is 4.79 Å². The Morgan fingerprint density at radius 3 is 3.11 bits per heavy atom. The first-order chi connectivity index (χ1) is 8.72. The topological polar surface area (TPSA) is 59.5 Å². The number of rotatable bonds is 4. The predicted molar refractivity (Wildman–Crippen MR) is 70.7 cm³/mol. The molecule has 0 radical (unpaired) electrons. The third kappa shape index (κ3) is 2.82. The predicted octanol–water partition coefficient (Wildman–Crippen LogP) is 1.88. The molecule has 4 heteroatoms. The zero-order valence-corrected chi connectivity index (χ0v) is 10.7. The number of hydrogen-bond donors (Lipinski definition) is 1. The summed E-state index contributed by atoms with van der Waals surface area (Å²) in [6.45, 7) is 0.657. The fourth-order valence-corrected chi connectivity index (χ4v) is 2.62. The molecule has 1 aliphatic carbocycles. The summed E-state index contributed by atoms with van der Waals surface area (Å²) in [6, 6.07) is 3.90. The number of carbonyl (C=O) groups is 1. The van der Waals surface area contributed by atoms with Crippen molar-refractivity contribution in [3.63, 3.8) is 0 Å². The van der Waals surface area contributed by atoms with Crippen LogP contribution in [0.15, 0.2) is 28.9 Å². The van der Waals surface area contributed by atoms with Crippen LogP contribution in [-0.2, 0) is 4.79 Å². The molecule has 1 aliphatic rings. The van der Waals surface area contributed by atoms with Gasteiger partial charge >= 0.3 is 0 Å². The number of nitrogens with two attached hydrogens (primary N) is 1. The molecule has 2 N–H and O–H groups in total. The lowest BCUT2D eigenvalue weighted by Crippen LogP contribution is -2.40. The summed E-state index contributed by atoms with van der Waals surface area (Å²) in [5.74, 6) is 1.14. The second kappa shape index (κ2) is 5.87. The fourth-order valence-electron chi connectivity index (χ4n) is 2.62. The molecule has 1 aromatic heterocycles. The summed E-state index contributed by atoms with van der Waals surface area (Å²) in [6.07, 6.45) is 8.19. The first-order valence-corrected chi connectivity index (χ1v) is 6.41. The highest BCUT2D eigenvalue weighted by atomic mass is 16.3. The van der Waals surface area contributed by atoms with Crippen molar-refractivity contribution in [1.29, 1.82) is 0 Å². The first-order valence-electron chi connectivity index (χ1n) is 6.41. The lowest BCUT2D eigenvalue weighted by atomic mass is 10.0. The second-order valence-electron chi connectivity index (χ2n) is 4.79. The quantitative estimate of drug-likeness (QED) is 0.828. The largest absolute Gasteiger partial charge is 0.465 e. The SMILES string of the molecule is CN(C(=O)C=Cc1ccco1)C1CCCC1CN. The van der Waals surface area contributed by atoms with E-state index in [4.69, 9.17) is 10.2 Å². The van der Waals surface area contributed by atoms with E-state index in [9.17, 15) is 4.79 Å². The van der Waals surface area contributed by atoms with Crippen LogP contribution in [0.25, 0.3) is 6.08 Å². The normalized spacial score (nSPS) is 23.7. The van der Waals surface area contributed by atoms with E-state index in [1.807, 2.05) is 18.0 Å². The molecular weight excluding hydrogens is 228 g/mol. The van der Waals surface area contributed by atoms with Crippen molar-refractivity contribution >= 4 is 12.0 Å². The van der Waals surface area contributed by atoms with Crippen LogP contribution in [0.5, 0.6) is 0 Å². The van der Waals surface area contributed by atoms with Gasteiger partial charge in [-0.15, -0.1) is 0 Å². The lowest BCUT2D eigenvalue weighted by Gasteiger charge is -2.28. The van der Waals surface area contributed by atoms with E-state index in [-0.39, 0.29) is 11.9 Å². The number of nitrogens with zero attached hydrogens (tertiary/aromatic N) is 1. The van der Waals surface area contributed by atoms with Crippen LogP contribution in [0.1, 0.15) is 25.0 Å². The number of likely N-dealkylation sites (N-methyl/N-ethyl adjacent to an activating group) is 1. The molecule has 1 saturated carbocycles. The van der Waals surface area contributed by atoms with Crippen molar-refractivity contribution in [3.8, 4) is 0 Å². The highest BCUT2D eigenvalue weighted by molar-refractivity contribution is 5.91. The molecule has 4 nitrogen and oxygen atoms in total. The maximum atomic E-state index is 12.0. The molecular formula is C14H20N2O2. The van der Waals surface area contributed by atoms with Crippen LogP contribution < -0.4 is 5.73 Å². The second-order valence-corrected chi connectivity index (χ2v) is 4.79. The van der Waals surface area contributed by atoms with E-state index < -0.39 is 0 Å². The Morgan fingerprint density at radius 1 is 1.61 bits per heavy atom. The number of amides is 1. The van der Waals surface area contributed by atoms with Gasteiger partial charge in [-0.25, -0.2) is 0 Å². The van der Waals surface area contributed by atoms with Gasteiger partial charge in [-0.1, -0.05) is 6.42 Å². The smallest absolute Gasteiger partial charge is 0.246 e. The summed E-state index contributed by atoms with van der Waals surface area (Å²) in [5.41, 5.74) is 5.74. The van der Waals surface area contributed by atoms with Crippen molar-refractivity contribution in [3.05, 3.63) is 30.2 Å². The highest BCUT2D eigenvalue weighted by Gasteiger charge is 2.30. The molecule has 1 heterocycles. The van der Waals surface area contributed by atoms with Gasteiger partial charge in [0.2, 0.25) is 5.91 Å². The minimum Gasteiger partial charge on any atom is -0.465 e. The Bertz CT molecular complexity index is 411. The summed E-state index contributed by atoms with van der Waals surface area (Å²) < 4.78 is 5.15. The van der Waals surface area contributed by atoms with E-state index in [2.05, 4.69) is 0 Å². The molecule has 2 unspecified atom stereocenters. The third-order valence-corrected chi connectivity index (χ3v) is 3.70. The zero-order valence-electron chi connectivity index (χ0n) is 10.7. The van der Waals surface area contributed by atoms with Crippen LogP contribution in [0.3, 0.4) is 0 Å². The van der Waals surface area contributed by atoms with Crippen molar-refractivity contribution in [1.82, 2.24) is 4.90 Å². The van der Waals surface area contributed by atoms with E-state index in [0.29, 0.717) is 18.2 Å². The van der Waals surface area contributed by atoms with E-state index >= 15 is 0 Å². The van der Waals surface area contributed by atoms with Gasteiger partial charge in [0.1, 0.15) is 5.76 Å². The van der Waals surface area contributed by atoms with Gasteiger partial charge in [-0.05, 0) is 43.5 Å². The van der Waals surface area contributed by atoms with Crippen LogP contribution in [0.2, 0.25) is 0 Å². The van der Waals surface area contributed by atoms with E-state index in [0.717, 1.165) is 19.3 Å². The maximum Gasteiger partial charge on any atom is 0.246 e. The molecule has 0 spiro atoms. The van der Waals surface area contributed by atoms with Crippen LogP contribution >= 0.6 is 0 Å². The van der Waals surface area contributed by atoms with Crippen molar-refractivity contribution in [2.24, 2.45) is 11.7 Å². The lowest BCUT2D eigenvalue weighted by molar-refractivity contribution is -0.127. The van der Waals surface area contributed by atoms with E-state index in [1.54, 1.807) is 24.5 Å². The van der Waals surface area contributed by atoms with Crippen LogP contribution in [0.4, 0.5) is 0 Å². The van der Waals surface area contributed by atoms with Crippen LogP contribution in [0, 0.1) is 5.92 Å². The van der Waals surface area contributed by atoms with E-state index in [1.165, 1.54) is 0 Å². The van der Waals surface area contributed by atoms with Gasteiger partial charge in [0.25, 0.3) is 0 Å². The standard InChI is InChI=1S/C14H20N2O2/c1-16(13-6-2-4-11(13)10-15)14(17)8-7-12-5-3-9-18-12/h3,5,7-9,11,13H,2,4,6,10,15H2,1H3. The average Bonchev–Trinajstić information content (AvgIpc) is 3.05. The first kappa shape index (κ1) is 12.9.